The van der Waals surface area contributed by atoms with Gasteiger partial charge in [0.25, 0.3) is 0 Å². The Labute approximate surface area is 114 Å². The lowest BCUT2D eigenvalue weighted by Gasteiger charge is -2.04. The molecule has 4 nitrogen and oxygen atoms in total. The first kappa shape index (κ1) is 14.7. The van der Waals surface area contributed by atoms with Crippen molar-refractivity contribution in [1.82, 2.24) is 0 Å². The summed E-state index contributed by atoms with van der Waals surface area (Å²) < 4.78 is 11.0. The van der Waals surface area contributed by atoms with Crippen LogP contribution in [0.25, 0.3) is 0 Å². The van der Waals surface area contributed by atoms with E-state index in [1.807, 2.05) is 0 Å². The summed E-state index contributed by atoms with van der Waals surface area (Å²) >= 11 is 0. The number of hydrogen-bond acceptors (Lipinski definition) is 4. The van der Waals surface area contributed by atoms with Gasteiger partial charge >= 0.3 is 0 Å². The topological polar surface area (TPSA) is 55.9 Å². The molecule has 0 aromatic rings. The van der Waals surface area contributed by atoms with Crippen molar-refractivity contribution in [2.75, 3.05) is 13.2 Å². The van der Waals surface area contributed by atoms with Gasteiger partial charge in [0.2, 0.25) is 0 Å². The van der Waals surface area contributed by atoms with Crippen molar-refractivity contribution in [1.29, 1.82) is 0 Å². The fourth-order valence-electron chi connectivity index (χ4n) is 2.54. The van der Waals surface area contributed by atoms with Gasteiger partial charge < -0.3 is 9.47 Å². The Morgan fingerprint density at radius 1 is 0.789 bits per heavy atom. The molecule has 2 rings (SSSR count). The summed E-state index contributed by atoms with van der Waals surface area (Å²) in [6.45, 7) is 1.38. The molecule has 0 aromatic heterocycles. The molecule has 2 fully saturated rings. The Hall–Kier alpha value is -0.740. The maximum atomic E-state index is 11.6. The van der Waals surface area contributed by atoms with E-state index in [2.05, 4.69) is 0 Å². The molecule has 0 N–H and O–H groups in total. The maximum absolute atomic E-state index is 11.6. The third-order valence-corrected chi connectivity index (χ3v) is 3.82. The molecule has 0 aliphatic carbocycles. The first-order valence-electron chi connectivity index (χ1n) is 7.52. The van der Waals surface area contributed by atoms with Crippen LogP contribution in [0.3, 0.4) is 0 Å². The highest BCUT2D eigenvalue weighted by atomic mass is 16.6. The minimum Gasteiger partial charge on any atom is -0.379 e. The number of hydrogen-bond donors (Lipinski definition) is 0. The first-order chi connectivity index (χ1) is 9.25. The van der Waals surface area contributed by atoms with Gasteiger partial charge in [0.1, 0.15) is 17.7 Å². The fourth-order valence-corrected chi connectivity index (χ4v) is 2.54. The molecule has 0 bridgehead atoms. The highest BCUT2D eigenvalue weighted by molar-refractivity contribution is 5.81. The Kier molecular flexibility index (Phi) is 5.98. The van der Waals surface area contributed by atoms with Gasteiger partial charge in [-0.3, -0.25) is 9.59 Å². The van der Waals surface area contributed by atoms with E-state index in [0.717, 1.165) is 38.7 Å². The standard InChI is InChI=1S/C15H24O4/c16-12-5-1-2-10-18-11-15-14(19-15)9-4-8-13(17)7-3-6-12/h14-15H,1-11H2. The largest absolute Gasteiger partial charge is 0.379 e. The second-order valence-corrected chi connectivity index (χ2v) is 5.57. The van der Waals surface area contributed by atoms with Crippen LogP contribution in [0.4, 0.5) is 0 Å². The molecule has 0 saturated carbocycles. The number of epoxide rings is 1. The van der Waals surface area contributed by atoms with Crippen LogP contribution in [0.2, 0.25) is 0 Å². The molecule has 0 amide bonds. The lowest BCUT2D eigenvalue weighted by atomic mass is 10.0. The Morgan fingerprint density at radius 2 is 1.47 bits per heavy atom. The molecule has 108 valence electrons. The number of ketones is 2. The zero-order chi connectivity index (χ0) is 13.5. The summed E-state index contributed by atoms with van der Waals surface area (Å²) in [5.74, 6) is 0.568. The summed E-state index contributed by atoms with van der Waals surface area (Å²) in [4.78, 5) is 23.2. The van der Waals surface area contributed by atoms with Crippen LogP contribution < -0.4 is 0 Å². The quantitative estimate of drug-likeness (QED) is 0.633. The molecule has 0 spiro atoms. The summed E-state index contributed by atoms with van der Waals surface area (Å²) in [7, 11) is 0. The summed E-state index contributed by atoms with van der Waals surface area (Å²) in [6.07, 6.45) is 7.31. The van der Waals surface area contributed by atoms with Crippen LogP contribution in [0, 0.1) is 0 Å². The lowest BCUT2D eigenvalue weighted by Crippen LogP contribution is -2.08. The van der Waals surface area contributed by atoms with Crippen molar-refractivity contribution >= 4 is 11.6 Å². The molecule has 0 aromatic carbocycles. The maximum Gasteiger partial charge on any atom is 0.132 e. The molecule has 2 unspecified atom stereocenters. The average Bonchev–Trinajstić information content (AvgIpc) is 3.11. The second-order valence-electron chi connectivity index (χ2n) is 5.57. The normalized spacial score (nSPS) is 31.8. The Morgan fingerprint density at radius 3 is 2.26 bits per heavy atom. The smallest absolute Gasteiger partial charge is 0.132 e. The van der Waals surface area contributed by atoms with Crippen molar-refractivity contribution < 1.29 is 19.1 Å². The number of carbonyl (C=O) groups is 2. The molecular weight excluding hydrogens is 244 g/mol. The van der Waals surface area contributed by atoms with E-state index in [9.17, 15) is 9.59 Å². The summed E-state index contributed by atoms with van der Waals surface area (Å²) in [5.41, 5.74) is 0. The zero-order valence-corrected chi connectivity index (χ0v) is 11.6. The molecule has 4 heteroatoms. The molecule has 2 aliphatic rings. The predicted octanol–water partition coefficient (Wildman–Crippen LogP) is 2.43. The average molecular weight is 268 g/mol. The van der Waals surface area contributed by atoms with Crippen LogP contribution in [0.15, 0.2) is 0 Å². The van der Waals surface area contributed by atoms with Gasteiger partial charge in [0.15, 0.2) is 0 Å². The van der Waals surface area contributed by atoms with E-state index in [1.165, 1.54) is 0 Å². The number of carbonyl (C=O) groups excluding carboxylic acids is 2. The fraction of sp³-hybridized carbons (Fsp3) is 0.867. The predicted molar refractivity (Wildman–Crippen MR) is 71.0 cm³/mol. The van der Waals surface area contributed by atoms with Crippen molar-refractivity contribution in [2.45, 2.75) is 70.0 Å². The van der Waals surface area contributed by atoms with Gasteiger partial charge in [-0.2, -0.15) is 0 Å². The summed E-state index contributed by atoms with van der Waals surface area (Å²) in [5, 5.41) is 0. The van der Waals surface area contributed by atoms with Gasteiger partial charge in [-0.1, -0.05) is 0 Å². The number of Topliss-reactive ketones (excluding diaryl/α,β-unsaturated/α-hetero) is 2. The monoisotopic (exact) mass is 268 g/mol. The van der Waals surface area contributed by atoms with Crippen LogP contribution in [0.1, 0.15) is 57.8 Å². The Balaban J connectivity index is 1.71. The molecule has 2 aliphatic heterocycles. The molecule has 0 radical (unpaired) electrons. The molecule has 2 saturated heterocycles. The Bertz CT molecular complexity index is 313. The van der Waals surface area contributed by atoms with Crippen LogP contribution in [-0.4, -0.2) is 37.0 Å². The highest BCUT2D eigenvalue weighted by Gasteiger charge is 2.38. The van der Waals surface area contributed by atoms with E-state index in [1.54, 1.807) is 0 Å². The van der Waals surface area contributed by atoms with Gasteiger partial charge in [-0.05, 0) is 32.1 Å². The van der Waals surface area contributed by atoms with Crippen LogP contribution in [-0.2, 0) is 19.1 Å². The lowest BCUT2D eigenvalue weighted by molar-refractivity contribution is -0.120. The third-order valence-electron chi connectivity index (χ3n) is 3.82. The number of rotatable bonds is 0. The highest BCUT2D eigenvalue weighted by Crippen LogP contribution is 2.27. The first-order valence-corrected chi connectivity index (χ1v) is 7.52. The van der Waals surface area contributed by atoms with Crippen molar-refractivity contribution in [3.8, 4) is 0 Å². The van der Waals surface area contributed by atoms with Crippen LogP contribution >= 0.6 is 0 Å². The van der Waals surface area contributed by atoms with Gasteiger partial charge in [-0.25, -0.2) is 0 Å². The summed E-state index contributed by atoms with van der Waals surface area (Å²) in [6, 6.07) is 0. The molecular formula is C15H24O4. The minimum absolute atomic E-state index is 0.240. The number of ether oxygens (including phenoxy) is 2. The third kappa shape index (κ3) is 5.83. The van der Waals surface area contributed by atoms with Crippen molar-refractivity contribution in [3.63, 3.8) is 0 Å². The van der Waals surface area contributed by atoms with Crippen molar-refractivity contribution in [2.24, 2.45) is 0 Å². The molecule has 2 heterocycles. The van der Waals surface area contributed by atoms with Gasteiger partial charge in [0.05, 0.1) is 12.7 Å². The van der Waals surface area contributed by atoms with Crippen LogP contribution in [0.5, 0.6) is 0 Å². The minimum atomic E-state index is 0.240. The van der Waals surface area contributed by atoms with Crippen molar-refractivity contribution in [3.05, 3.63) is 0 Å². The van der Waals surface area contributed by atoms with Gasteiger partial charge in [0, 0.05) is 32.3 Å². The zero-order valence-electron chi connectivity index (χ0n) is 11.6. The van der Waals surface area contributed by atoms with E-state index < -0.39 is 0 Å². The van der Waals surface area contributed by atoms with E-state index in [0.29, 0.717) is 38.4 Å². The van der Waals surface area contributed by atoms with E-state index in [-0.39, 0.29) is 17.7 Å². The number of fused-ring (bicyclic) bond motifs is 1. The molecule has 2 atom stereocenters. The van der Waals surface area contributed by atoms with E-state index >= 15 is 0 Å². The second kappa shape index (κ2) is 7.75. The molecule has 19 heavy (non-hydrogen) atoms. The van der Waals surface area contributed by atoms with Gasteiger partial charge in [-0.15, -0.1) is 0 Å². The van der Waals surface area contributed by atoms with E-state index in [4.69, 9.17) is 9.47 Å². The SMILES string of the molecule is O=C1CCCCOCC2OC2CCCC(=O)CCC1.